The van der Waals surface area contributed by atoms with Gasteiger partial charge in [0.25, 0.3) is 7.82 Å². The fraction of sp³-hybridized carbons (Fsp3) is 0.892. The number of nitrogens with zero attached hydrogens (tertiary/aromatic N) is 1. The standard InChI is InChI=1S/C37H72NO8P/c1-6-8-10-12-14-16-18-19-20-22-23-25-27-29-36(39)43-33-35(34-45-47(41,42)44-32-31-38(3,4)5)46-37(40)30-28-26-24-21-17-15-13-11-9-7-2/h16,18,35H,6-15,17,19-34H2,1-5H3/b18-16-/t35-/m1/s1. The predicted molar refractivity (Wildman–Crippen MR) is 190 cm³/mol. The molecule has 10 heteroatoms. The van der Waals surface area contributed by atoms with E-state index >= 15 is 0 Å². The number of carbonyl (C=O) groups excluding carboxylic acids is 2. The second kappa shape index (κ2) is 30.8. The van der Waals surface area contributed by atoms with Crippen molar-refractivity contribution in [3.8, 4) is 0 Å². The van der Waals surface area contributed by atoms with Crippen molar-refractivity contribution in [3.05, 3.63) is 12.2 Å². The van der Waals surface area contributed by atoms with E-state index < -0.39 is 32.5 Å². The van der Waals surface area contributed by atoms with Crippen LogP contribution in [0.5, 0.6) is 0 Å². The van der Waals surface area contributed by atoms with E-state index in [0.29, 0.717) is 17.4 Å². The molecule has 2 atom stereocenters. The van der Waals surface area contributed by atoms with E-state index in [0.717, 1.165) is 57.8 Å². The second-order valence-corrected chi connectivity index (χ2v) is 15.4. The van der Waals surface area contributed by atoms with Gasteiger partial charge < -0.3 is 27.9 Å². The summed E-state index contributed by atoms with van der Waals surface area (Å²) in [6, 6.07) is 0. The van der Waals surface area contributed by atoms with Crippen molar-refractivity contribution in [1.29, 1.82) is 0 Å². The molecule has 0 aliphatic carbocycles. The third-order valence-corrected chi connectivity index (χ3v) is 9.00. The number of allylic oxidation sites excluding steroid dienone is 2. The first-order valence-corrected chi connectivity index (χ1v) is 20.4. The van der Waals surface area contributed by atoms with Crippen molar-refractivity contribution in [2.75, 3.05) is 47.5 Å². The van der Waals surface area contributed by atoms with Crippen LogP contribution < -0.4 is 4.89 Å². The van der Waals surface area contributed by atoms with Crippen molar-refractivity contribution in [2.45, 2.75) is 168 Å². The summed E-state index contributed by atoms with van der Waals surface area (Å²) in [5.41, 5.74) is 0. The van der Waals surface area contributed by atoms with Crippen LogP contribution >= 0.6 is 7.82 Å². The van der Waals surface area contributed by atoms with Gasteiger partial charge in [-0.05, 0) is 38.5 Å². The number of hydrogen-bond donors (Lipinski definition) is 0. The first-order chi connectivity index (χ1) is 22.5. The highest BCUT2D eigenvalue weighted by atomic mass is 31.2. The molecule has 0 aliphatic heterocycles. The Kier molecular flexibility index (Phi) is 30.0. The average Bonchev–Trinajstić information content (AvgIpc) is 3.01. The van der Waals surface area contributed by atoms with Gasteiger partial charge in [0.1, 0.15) is 19.8 Å². The van der Waals surface area contributed by atoms with Gasteiger partial charge in [-0.25, -0.2) is 0 Å². The summed E-state index contributed by atoms with van der Waals surface area (Å²) < 4.78 is 33.7. The van der Waals surface area contributed by atoms with E-state index in [4.69, 9.17) is 18.5 Å². The molecule has 0 spiro atoms. The van der Waals surface area contributed by atoms with Crippen LogP contribution in [0.2, 0.25) is 0 Å². The van der Waals surface area contributed by atoms with Gasteiger partial charge in [0, 0.05) is 12.8 Å². The maximum atomic E-state index is 12.5. The molecule has 0 saturated carbocycles. The highest BCUT2D eigenvalue weighted by Crippen LogP contribution is 2.38. The highest BCUT2D eigenvalue weighted by molar-refractivity contribution is 7.45. The zero-order chi connectivity index (χ0) is 35.1. The second-order valence-electron chi connectivity index (χ2n) is 13.9. The van der Waals surface area contributed by atoms with E-state index in [-0.39, 0.29) is 26.1 Å². The summed E-state index contributed by atoms with van der Waals surface area (Å²) in [7, 11) is 1.16. The van der Waals surface area contributed by atoms with Crippen molar-refractivity contribution in [2.24, 2.45) is 0 Å². The Balaban J connectivity index is 4.44. The average molecular weight is 690 g/mol. The number of ether oxygens (including phenoxy) is 2. The van der Waals surface area contributed by atoms with Crippen molar-refractivity contribution in [1.82, 2.24) is 0 Å². The Morgan fingerprint density at radius 3 is 1.60 bits per heavy atom. The molecule has 0 aromatic carbocycles. The molecule has 1 unspecified atom stereocenters. The van der Waals surface area contributed by atoms with Crippen LogP contribution in [0.1, 0.15) is 162 Å². The molecule has 9 nitrogen and oxygen atoms in total. The Hall–Kier alpha value is -1.25. The number of quaternary nitrogens is 1. The third kappa shape index (κ3) is 34.4. The largest absolute Gasteiger partial charge is 0.756 e. The fourth-order valence-corrected chi connectivity index (χ4v) is 5.73. The summed E-state index contributed by atoms with van der Waals surface area (Å²) in [6.45, 7) is 4.17. The predicted octanol–water partition coefficient (Wildman–Crippen LogP) is 9.22. The molecule has 0 N–H and O–H groups in total. The normalized spacial score (nSPS) is 13.9. The quantitative estimate of drug-likeness (QED) is 0.0216. The number of carbonyl (C=O) groups is 2. The summed E-state index contributed by atoms with van der Waals surface area (Å²) in [5, 5.41) is 0. The van der Waals surface area contributed by atoms with Gasteiger partial charge in [-0.2, -0.15) is 0 Å². The maximum Gasteiger partial charge on any atom is 0.306 e. The fourth-order valence-electron chi connectivity index (χ4n) is 5.00. The Morgan fingerprint density at radius 1 is 0.638 bits per heavy atom. The molecule has 47 heavy (non-hydrogen) atoms. The molecule has 0 aromatic rings. The van der Waals surface area contributed by atoms with Gasteiger partial charge in [-0.15, -0.1) is 0 Å². The van der Waals surface area contributed by atoms with Crippen LogP contribution in [0.25, 0.3) is 0 Å². The number of phosphoric ester groups is 1. The minimum absolute atomic E-state index is 0.0295. The molecular formula is C37H72NO8P. The summed E-state index contributed by atoms with van der Waals surface area (Å²) in [6.07, 6.45) is 28.1. The number of esters is 2. The van der Waals surface area contributed by atoms with Gasteiger partial charge in [0.2, 0.25) is 0 Å². The van der Waals surface area contributed by atoms with E-state index in [1.165, 1.54) is 70.6 Å². The van der Waals surface area contributed by atoms with Crippen LogP contribution in [0.15, 0.2) is 12.2 Å². The first-order valence-electron chi connectivity index (χ1n) is 18.9. The minimum Gasteiger partial charge on any atom is -0.756 e. The van der Waals surface area contributed by atoms with E-state index in [1.807, 2.05) is 21.1 Å². The van der Waals surface area contributed by atoms with Crippen LogP contribution in [-0.4, -0.2) is 70.0 Å². The smallest absolute Gasteiger partial charge is 0.306 e. The van der Waals surface area contributed by atoms with Crippen LogP contribution in [-0.2, 0) is 32.7 Å². The molecule has 0 aliphatic rings. The molecule has 278 valence electrons. The van der Waals surface area contributed by atoms with Gasteiger partial charge in [-0.3, -0.25) is 14.2 Å². The van der Waals surface area contributed by atoms with E-state index in [2.05, 4.69) is 26.0 Å². The molecule has 0 bridgehead atoms. The van der Waals surface area contributed by atoms with Gasteiger partial charge in [0.15, 0.2) is 6.10 Å². The lowest BCUT2D eigenvalue weighted by atomic mass is 10.1. The number of rotatable bonds is 34. The molecule has 0 fully saturated rings. The SMILES string of the molecule is CCCCCC/C=C\CCCCCCCC(=O)OC[C@H](COP(=O)([O-])OCC[N+](C)(C)C)OC(=O)CCCCCCCCCCCC. The van der Waals surface area contributed by atoms with Crippen molar-refractivity contribution < 1.29 is 42.1 Å². The minimum atomic E-state index is -4.61. The number of hydrogen-bond acceptors (Lipinski definition) is 8. The van der Waals surface area contributed by atoms with E-state index in [9.17, 15) is 19.0 Å². The molecule has 0 rings (SSSR count). The number of phosphoric acid groups is 1. The Bertz CT molecular complexity index is 830. The lowest BCUT2D eigenvalue weighted by Crippen LogP contribution is -2.37. The lowest BCUT2D eigenvalue weighted by molar-refractivity contribution is -0.870. The highest BCUT2D eigenvalue weighted by Gasteiger charge is 2.21. The van der Waals surface area contributed by atoms with Crippen molar-refractivity contribution >= 4 is 19.8 Å². The van der Waals surface area contributed by atoms with Gasteiger partial charge in [-0.1, -0.05) is 122 Å². The molecule has 0 saturated heterocycles. The summed E-state index contributed by atoms with van der Waals surface area (Å²) >= 11 is 0. The van der Waals surface area contributed by atoms with Crippen LogP contribution in [0.3, 0.4) is 0 Å². The van der Waals surface area contributed by atoms with Gasteiger partial charge in [0.05, 0.1) is 27.7 Å². The van der Waals surface area contributed by atoms with Crippen LogP contribution in [0, 0.1) is 0 Å². The summed E-state index contributed by atoms with van der Waals surface area (Å²) in [4.78, 5) is 37.2. The Labute approximate surface area is 288 Å². The molecular weight excluding hydrogens is 617 g/mol. The first kappa shape index (κ1) is 45.8. The topological polar surface area (TPSA) is 111 Å². The monoisotopic (exact) mass is 689 g/mol. The van der Waals surface area contributed by atoms with E-state index in [1.54, 1.807) is 0 Å². The molecule has 0 radical (unpaired) electrons. The van der Waals surface area contributed by atoms with Crippen LogP contribution in [0.4, 0.5) is 0 Å². The molecule has 0 aromatic heterocycles. The Morgan fingerprint density at radius 2 is 1.09 bits per heavy atom. The lowest BCUT2D eigenvalue weighted by Gasteiger charge is -2.28. The molecule has 0 heterocycles. The van der Waals surface area contributed by atoms with Gasteiger partial charge >= 0.3 is 11.9 Å². The summed E-state index contributed by atoms with van der Waals surface area (Å²) in [5.74, 6) is -0.844. The number of likely N-dealkylation sites (N-methyl/N-ethyl adjacent to an activating group) is 1. The zero-order valence-electron chi connectivity index (χ0n) is 31.0. The molecule has 0 amide bonds. The number of unbranched alkanes of at least 4 members (excludes halogenated alkanes) is 18. The maximum absolute atomic E-state index is 12.5. The van der Waals surface area contributed by atoms with Crippen molar-refractivity contribution in [3.63, 3.8) is 0 Å². The third-order valence-electron chi connectivity index (χ3n) is 8.04. The zero-order valence-corrected chi connectivity index (χ0v) is 31.9.